The van der Waals surface area contributed by atoms with Crippen molar-refractivity contribution in [3.8, 4) is 0 Å². The fourth-order valence-electron chi connectivity index (χ4n) is 2.55. The fraction of sp³-hybridized carbons (Fsp3) is 0.316. The minimum Gasteiger partial charge on any atom is -0.461 e. The first-order valence-electron chi connectivity index (χ1n) is 7.96. The number of hydrogen-bond acceptors (Lipinski definition) is 4. The third-order valence-corrected chi connectivity index (χ3v) is 3.84. The predicted octanol–water partition coefficient (Wildman–Crippen LogP) is 2.38. The molecule has 1 heterocycles. The Bertz CT molecular complexity index is 703. The maximum absolute atomic E-state index is 11.8. The predicted molar refractivity (Wildman–Crippen MR) is 90.0 cm³/mol. The Morgan fingerprint density at radius 3 is 2.71 bits per heavy atom. The molecule has 24 heavy (non-hydrogen) atoms. The topological polar surface area (TPSA) is 72.5 Å². The quantitative estimate of drug-likeness (QED) is 0.452. The van der Waals surface area contributed by atoms with Gasteiger partial charge in [0.15, 0.2) is 0 Å². The molecular formula is C19H21NO4. The molecule has 0 unspecified atom stereocenters. The van der Waals surface area contributed by atoms with E-state index in [4.69, 9.17) is 4.74 Å². The van der Waals surface area contributed by atoms with Crippen LogP contribution in [0.25, 0.3) is 0 Å². The first-order valence-corrected chi connectivity index (χ1v) is 7.96. The summed E-state index contributed by atoms with van der Waals surface area (Å²) in [6.45, 7) is 5.98. The van der Waals surface area contributed by atoms with Crippen LogP contribution in [0.1, 0.15) is 36.5 Å². The zero-order valence-corrected chi connectivity index (χ0v) is 13.8. The summed E-state index contributed by atoms with van der Waals surface area (Å²) in [5.74, 6) is -1.55. The normalized spacial score (nSPS) is 13.5. The molecule has 0 aliphatic carbocycles. The van der Waals surface area contributed by atoms with Gasteiger partial charge in [-0.3, -0.25) is 19.7 Å². The minimum atomic E-state index is -0.531. The minimum absolute atomic E-state index is 0.138. The maximum atomic E-state index is 11.8. The Balaban J connectivity index is 1.92. The van der Waals surface area contributed by atoms with Crippen molar-refractivity contribution in [2.75, 3.05) is 0 Å². The monoisotopic (exact) mass is 327 g/mol. The van der Waals surface area contributed by atoms with E-state index in [0.717, 1.165) is 30.9 Å². The Hall–Kier alpha value is -2.69. The molecule has 0 spiro atoms. The van der Waals surface area contributed by atoms with Gasteiger partial charge in [0, 0.05) is 11.6 Å². The summed E-state index contributed by atoms with van der Waals surface area (Å²) in [4.78, 5) is 34.2. The van der Waals surface area contributed by atoms with Crippen molar-refractivity contribution in [3.63, 3.8) is 0 Å². The van der Waals surface area contributed by atoms with Gasteiger partial charge in [0.05, 0.1) is 6.42 Å². The van der Waals surface area contributed by atoms with Crippen molar-refractivity contribution in [2.45, 2.75) is 39.2 Å². The number of rotatable bonds is 8. The van der Waals surface area contributed by atoms with E-state index in [-0.39, 0.29) is 18.6 Å². The van der Waals surface area contributed by atoms with Crippen LogP contribution in [0, 0.1) is 0 Å². The van der Waals surface area contributed by atoms with Crippen molar-refractivity contribution in [2.24, 2.45) is 0 Å². The number of benzene rings is 1. The summed E-state index contributed by atoms with van der Waals surface area (Å²) in [5, 5.41) is 2.10. The molecule has 0 aromatic heterocycles. The number of allylic oxidation sites excluding steroid dienone is 1. The van der Waals surface area contributed by atoms with Crippen LogP contribution in [0.15, 0.2) is 42.5 Å². The molecule has 1 N–H and O–H groups in total. The Labute approximate surface area is 141 Å². The van der Waals surface area contributed by atoms with Crippen LogP contribution in [0.4, 0.5) is 0 Å². The highest BCUT2D eigenvalue weighted by atomic mass is 16.5. The Morgan fingerprint density at radius 2 is 2.08 bits per heavy atom. The molecule has 1 aromatic carbocycles. The van der Waals surface area contributed by atoms with Gasteiger partial charge in [-0.25, -0.2) is 0 Å². The second kappa shape index (κ2) is 8.24. The summed E-state index contributed by atoms with van der Waals surface area (Å²) in [5.41, 5.74) is 3.55. The van der Waals surface area contributed by atoms with Gasteiger partial charge in [0.2, 0.25) is 0 Å². The first kappa shape index (κ1) is 17.7. The standard InChI is InChI=1S/C19H21NO4/c1-3-5-6-15-8-7-13(9-14(15)4-2)12-24-18(22)11-16-10-17(21)20-19(16)23/h3,7-10H,1,4-6,11-12H2,2H3,(H,20,21,23). The van der Waals surface area contributed by atoms with Crippen molar-refractivity contribution in [1.82, 2.24) is 5.32 Å². The van der Waals surface area contributed by atoms with Gasteiger partial charge in [-0.15, -0.1) is 6.58 Å². The van der Waals surface area contributed by atoms with Gasteiger partial charge in [-0.2, -0.15) is 0 Å². The maximum Gasteiger partial charge on any atom is 0.310 e. The highest BCUT2D eigenvalue weighted by Gasteiger charge is 2.23. The molecule has 0 saturated carbocycles. The lowest BCUT2D eigenvalue weighted by molar-refractivity contribution is -0.144. The van der Waals surface area contributed by atoms with E-state index < -0.39 is 17.8 Å². The van der Waals surface area contributed by atoms with Crippen LogP contribution in [-0.2, 0) is 38.6 Å². The van der Waals surface area contributed by atoms with Gasteiger partial charge in [0.1, 0.15) is 6.61 Å². The van der Waals surface area contributed by atoms with Crippen LogP contribution < -0.4 is 5.32 Å². The molecule has 2 rings (SSSR count). The van der Waals surface area contributed by atoms with Crippen LogP contribution in [0.3, 0.4) is 0 Å². The van der Waals surface area contributed by atoms with E-state index in [0.29, 0.717) is 0 Å². The van der Waals surface area contributed by atoms with E-state index in [1.165, 1.54) is 11.1 Å². The number of carbonyl (C=O) groups is 3. The lowest BCUT2D eigenvalue weighted by Crippen LogP contribution is -2.23. The molecule has 0 bridgehead atoms. The summed E-state index contributed by atoms with van der Waals surface area (Å²) in [7, 11) is 0. The van der Waals surface area contributed by atoms with Crippen LogP contribution in [0.2, 0.25) is 0 Å². The molecule has 0 radical (unpaired) electrons. The van der Waals surface area contributed by atoms with Gasteiger partial charge >= 0.3 is 5.97 Å². The Morgan fingerprint density at radius 1 is 1.29 bits per heavy atom. The van der Waals surface area contributed by atoms with Crippen molar-refractivity contribution >= 4 is 17.8 Å². The second-order valence-corrected chi connectivity index (χ2v) is 5.61. The van der Waals surface area contributed by atoms with E-state index >= 15 is 0 Å². The summed E-state index contributed by atoms with van der Waals surface area (Å²) >= 11 is 0. The van der Waals surface area contributed by atoms with E-state index in [1.807, 2.05) is 18.2 Å². The van der Waals surface area contributed by atoms with E-state index in [2.05, 4.69) is 24.9 Å². The average Bonchev–Trinajstić information content (AvgIpc) is 2.88. The lowest BCUT2D eigenvalue weighted by atomic mass is 9.98. The summed E-state index contributed by atoms with van der Waals surface area (Å²) in [6.07, 6.45) is 5.61. The third-order valence-electron chi connectivity index (χ3n) is 3.84. The second-order valence-electron chi connectivity index (χ2n) is 5.61. The van der Waals surface area contributed by atoms with Crippen LogP contribution in [-0.4, -0.2) is 17.8 Å². The zero-order valence-electron chi connectivity index (χ0n) is 13.8. The molecule has 1 aliphatic heterocycles. The van der Waals surface area contributed by atoms with E-state index in [9.17, 15) is 14.4 Å². The highest BCUT2D eigenvalue weighted by molar-refractivity contribution is 6.17. The molecule has 2 amide bonds. The summed E-state index contributed by atoms with van der Waals surface area (Å²) in [6, 6.07) is 6.03. The molecule has 0 atom stereocenters. The van der Waals surface area contributed by atoms with Gasteiger partial charge in [-0.1, -0.05) is 31.2 Å². The molecule has 0 saturated heterocycles. The SMILES string of the molecule is C=CCCc1ccc(COC(=O)CC2=CC(=O)NC2=O)cc1CC. The molecular weight excluding hydrogens is 306 g/mol. The number of imide groups is 1. The molecule has 126 valence electrons. The highest BCUT2D eigenvalue weighted by Crippen LogP contribution is 2.17. The van der Waals surface area contributed by atoms with E-state index in [1.54, 1.807) is 0 Å². The zero-order chi connectivity index (χ0) is 17.5. The molecule has 1 aromatic rings. The average molecular weight is 327 g/mol. The number of ether oxygens (including phenoxy) is 1. The van der Waals surface area contributed by atoms with Gasteiger partial charge < -0.3 is 4.74 Å². The number of esters is 1. The number of hydrogen-bond donors (Lipinski definition) is 1. The molecule has 1 aliphatic rings. The van der Waals surface area contributed by atoms with Crippen LogP contribution in [0.5, 0.6) is 0 Å². The molecule has 5 nitrogen and oxygen atoms in total. The number of aryl methyl sites for hydroxylation is 2. The van der Waals surface area contributed by atoms with Gasteiger partial charge in [0.25, 0.3) is 11.8 Å². The lowest BCUT2D eigenvalue weighted by Gasteiger charge is -2.10. The number of nitrogens with one attached hydrogen (secondary N) is 1. The number of amides is 2. The van der Waals surface area contributed by atoms with Gasteiger partial charge in [-0.05, 0) is 36.0 Å². The summed E-state index contributed by atoms with van der Waals surface area (Å²) < 4.78 is 5.21. The molecule has 5 heteroatoms. The fourth-order valence-corrected chi connectivity index (χ4v) is 2.55. The molecule has 0 fully saturated rings. The number of carbonyl (C=O) groups excluding carboxylic acids is 3. The third kappa shape index (κ3) is 4.65. The van der Waals surface area contributed by atoms with Crippen LogP contribution >= 0.6 is 0 Å². The largest absolute Gasteiger partial charge is 0.461 e. The first-order chi connectivity index (χ1) is 11.5. The van der Waals surface area contributed by atoms with Crippen molar-refractivity contribution in [1.29, 1.82) is 0 Å². The van der Waals surface area contributed by atoms with Crippen molar-refractivity contribution in [3.05, 3.63) is 59.2 Å². The Kier molecular flexibility index (Phi) is 6.07. The van der Waals surface area contributed by atoms with Crippen molar-refractivity contribution < 1.29 is 19.1 Å². The smallest absolute Gasteiger partial charge is 0.310 e.